The highest BCUT2D eigenvalue weighted by Gasteiger charge is 2.26. The van der Waals surface area contributed by atoms with Crippen molar-refractivity contribution >= 4 is 22.4 Å². The summed E-state index contributed by atoms with van der Waals surface area (Å²) in [5.74, 6) is 1.10. The summed E-state index contributed by atoms with van der Waals surface area (Å²) in [6.07, 6.45) is 7.36. The predicted molar refractivity (Wildman–Crippen MR) is 106 cm³/mol. The van der Waals surface area contributed by atoms with Crippen LogP contribution in [0.15, 0.2) is 53.4 Å². The Hall–Kier alpha value is -2.51. The monoisotopic (exact) mass is 385 g/mol. The number of aromatic nitrogens is 2. The minimum Gasteiger partial charge on any atom is -0.492 e. The summed E-state index contributed by atoms with van der Waals surface area (Å²) in [5, 5.41) is 5.46. The highest BCUT2D eigenvalue weighted by Crippen LogP contribution is 2.38. The molecule has 1 amide bonds. The van der Waals surface area contributed by atoms with E-state index in [4.69, 9.17) is 9.47 Å². The predicted octanol–water partition coefficient (Wildman–Crippen LogP) is 4.02. The molecule has 2 unspecified atom stereocenters. The fraction of sp³-hybridized carbons (Fsp3) is 0.350. The Balaban J connectivity index is 1.67. The van der Waals surface area contributed by atoms with E-state index in [-0.39, 0.29) is 17.7 Å². The summed E-state index contributed by atoms with van der Waals surface area (Å²) in [6.45, 7) is 5.33. The van der Waals surface area contributed by atoms with E-state index in [1.807, 2.05) is 5.38 Å². The Labute approximate surface area is 163 Å². The number of nitrogens with one attached hydrogen (secondary N) is 1. The van der Waals surface area contributed by atoms with Gasteiger partial charge >= 0.3 is 0 Å². The van der Waals surface area contributed by atoms with Crippen molar-refractivity contribution < 1.29 is 14.3 Å². The van der Waals surface area contributed by atoms with E-state index in [0.29, 0.717) is 23.9 Å². The van der Waals surface area contributed by atoms with Crippen molar-refractivity contribution in [3.05, 3.63) is 64.6 Å². The molecule has 2 heterocycles. The minimum absolute atomic E-state index is 0.169. The molecule has 0 spiro atoms. The number of anilines is 1. The zero-order valence-corrected chi connectivity index (χ0v) is 16.5. The average Bonchev–Trinajstić information content (AvgIpc) is 3.10. The first-order chi connectivity index (χ1) is 13.1. The zero-order chi connectivity index (χ0) is 19.2. The molecule has 1 aliphatic carbocycles. The van der Waals surface area contributed by atoms with Gasteiger partial charge in [-0.1, -0.05) is 12.5 Å². The van der Waals surface area contributed by atoms with Gasteiger partial charge < -0.3 is 9.47 Å². The number of amides is 1. The Morgan fingerprint density at radius 3 is 2.78 bits per heavy atom. The van der Waals surface area contributed by atoms with Crippen molar-refractivity contribution in [2.24, 2.45) is 5.92 Å². The molecule has 2 aromatic heterocycles. The lowest BCUT2D eigenvalue weighted by Gasteiger charge is -2.26. The quantitative estimate of drug-likeness (QED) is 0.729. The molecule has 0 radical (unpaired) electrons. The molecule has 3 rings (SSSR count). The summed E-state index contributed by atoms with van der Waals surface area (Å²) in [6, 6.07) is 3.35. The van der Waals surface area contributed by atoms with Gasteiger partial charge in [0.25, 0.3) is 5.91 Å². The summed E-state index contributed by atoms with van der Waals surface area (Å²) in [5.41, 5.74) is 2.71. The Morgan fingerprint density at radius 2 is 2.07 bits per heavy atom. The summed E-state index contributed by atoms with van der Waals surface area (Å²) < 4.78 is 10.8. The maximum absolute atomic E-state index is 12.3. The lowest BCUT2D eigenvalue weighted by molar-refractivity contribution is 0.102. The second-order valence-corrected chi connectivity index (χ2v) is 7.26. The van der Waals surface area contributed by atoms with Crippen LogP contribution >= 0.6 is 11.3 Å². The number of allylic oxidation sites excluding steroid dienone is 3. The Morgan fingerprint density at radius 1 is 1.30 bits per heavy atom. The van der Waals surface area contributed by atoms with E-state index in [2.05, 4.69) is 41.3 Å². The van der Waals surface area contributed by atoms with Crippen molar-refractivity contribution in [3.63, 3.8) is 0 Å². The Bertz CT molecular complexity index is 845. The molecule has 0 bridgehead atoms. The third-order valence-corrected chi connectivity index (χ3v) is 5.15. The molecule has 27 heavy (non-hydrogen) atoms. The molecule has 0 fully saturated rings. The number of methoxy groups -OCH3 is 1. The van der Waals surface area contributed by atoms with Crippen molar-refractivity contribution in [2.75, 3.05) is 25.6 Å². The summed E-state index contributed by atoms with van der Waals surface area (Å²) in [4.78, 5) is 20.8. The second kappa shape index (κ2) is 8.92. The van der Waals surface area contributed by atoms with Crippen LogP contribution in [0.2, 0.25) is 0 Å². The van der Waals surface area contributed by atoms with Crippen LogP contribution in [-0.2, 0) is 9.47 Å². The van der Waals surface area contributed by atoms with Gasteiger partial charge in [-0.2, -0.15) is 0 Å². The van der Waals surface area contributed by atoms with Gasteiger partial charge in [0.15, 0.2) is 5.13 Å². The third-order valence-electron chi connectivity index (χ3n) is 4.37. The van der Waals surface area contributed by atoms with Crippen LogP contribution in [0.25, 0.3) is 0 Å². The molecule has 0 saturated heterocycles. The van der Waals surface area contributed by atoms with Gasteiger partial charge in [-0.15, -0.1) is 11.3 Å². The van der Waals surface area contributed by atoms with Crippen molar-refractivity contribution in [1.29, 1.82) is 0 Å². The molecular weight excluding hydrogens is 362 g/mol. The van der Waals surface area contributed by atoms with Gasteiger partial charge in [-0.25, -0.2) is 4.98 Å². The van der Waals surface area contributed by atoms with Crippen molar-refractivity contribution in [2.45, 2.75) is 19.8 Å². The van der Waals surface area contributed by atoms with E-state index in [9.17, 15) is 4.79 Å². The van der Waals surface area contributed by atoms with Crippen LogP contribution in [-0.4, -0.2) is 36.2 Å². The number of thiazole rings is 1. The second-order valence-electron chi connectivity index (χ2n) is 6.40. The number of nitrogens with zero attached hydrogens (tertiary/aromatic N) is 2. The standard InChI is InChI=1S/C20H23N3O3S/c1-13-10-16(26-9-8-25-3)11-14(2)18(13)17-12-27-20(22-17)23-19(24)15-4-6-21-7-5-15/h4-7,10-13,18H,8-9H2,1-3H3,(H,22,23,24). The number of rotatable bonds is 7. The molecule has 0 aromatic carbocycles. The topological polar surface area (TPSA) is 73.3 Å². The van der Waals surface area contributed by atoms with E-state index >= 15 is 0 Å². The van der Waals surface area contributed by atoms with Gasteiger partial charge in [-0.05, 0) is 37.1 Å². The highest BCUT2D eigenvalue weighted by molar-refractivity contribution is 7.14. The summed E-state index contributed by atoms with van der Waals surface area (Å²) in [7, 11) is 1.66. The molecule has 0 aliphatic heterocycles. The SMILES string of the molecule is COCCOC1=CC(C)C(c2csc(NC(=O)c3ccncc3)n2)C(C)=C1. The molecular formula is C20H23N3O3S. The lowest BCUT2D eigenvalue weighted by atomic mass is 9.81. The fourth-order valence-electron chi connectivity index (χ4n) is 3.13. The number of carbonyl (C=O) groups excluding carboxylic acids is 1. The summed E-state index contributed by atoms with van der Waals surface area (Å²) >= 11 is 1.43. The molecule has 6 nitrogen and oxygen atoms in total. The lowest BCUT2D eigenvalue weighted by Crippen LogP contribution is -2.16. The van der Waals surface area contributed by atoms with Gasteiger partial charge in [0.2, 0.25) is 0 Å². The molecule has 1 aliphatic rings. The van der Waals surface area contributed by atoms with E-state index < -0.39 is 0 Å². The van der Waals surface area contributed by atoms with Crippen LogP contribution in [0.4, 0.5) is 5.13 Å². The van der Waals surface area contributed by atoms with E-state index in [1.165, 1.54) is 16.9 Å². The van der Waals surface area contributed by atoms with Crippen LogP contribution in [0, 0.1) is 5.92 Å². The van der Waals surface area contributed by atoms with Gasteiger partial charge in [0.05, 0.1) is 12.3 Å². The van der Waals surface area contributed by atoms with Gasteiger partial charge in [0.1, 0.15) is 12.4 Å². The van der Waals surface area contributed by atoms with E-state index in [1.54, 1.807) is 31.6 Å². The van der Waals surface area contributed by atoms with Crippen molar-refractivity contribution in [1.82, 2.24) is 9.97 Å². The minimum atomic E-state index is -0.184. The van der Waals surface area contributed by atoms with E-state index in [0.717, 1.165) is 11.5 Å². The number of pyridine rings is 1. The molecule has 2 aromatic rings. The number of carbonyl (C=O) groups is 1. The van der Waals surface area contributed by atoms with Crippen molar-refractivity contribution in [3.8, 4) is 0 Å². The molecule has 2 atom stereocenters. The first-order valence-corrected chi connectivity index (χ1v) is 9.65. The van der Waals surface area contributed by atoms with Crippen LogP contribution < -0.4 is 5.32 Å². The largest absolute Gasteiger partial charge is 0.492 e. The van der Waals surface area contributed by atoms with Crippen LogP contribution in [0.1, 0.15) is 35.8 Å². The molecule has 0 saturated carbocycles. The smallest absolute Gasteiger partial charge is 0.257 e. The van der Waals surface area contributed by atoms with Gasteiger partial charge in [-0.3, -0.25) is 15.1 Å². The zero-order valence-electron chi connectivity index (χ0n) is 15.6. The fourth-order valence-corrected chi connectivity index (χ4v) is 3.87. The van der Waals surface area contributed by atoms with Crippen LogP contribution in [0.5, 0.6) is 0 Å². The highest BCUT2D eigenvalue weighted by atomic mass is 32.1. The maximum atomic E-state index is 12.3. The maximum Gasteiger partial charge on any atom is 0.257 e. The molecule has 7 heteroatoms. The first kappa shape index (κ1) is 19.3. The first-order valence-electron chi connectivity index (χ1n) is 8.77. The number of ether oxygens (including phenoxy) is 2. The molecule has 142 valence electrons. The average molecular weight is 385 g/mol. The van der Waals surface area contributed by atoms with Crippen LogP contribution in [0.3, 0.4) is 0 Å². The third kappa shape index (κ3) is 4.81. The number of hydrogen-bond donors (Lipinski definition) is 1. The number of hydrogen-bond acceptors (Lipinski definition) is 6. The van der Waals surface area contributed by atoms with Gasteiger partial charge in [0, 0.05) is 36.4 Å². The normalized spacial score (nSPS) is 19.2. The molecule has 1 N–H and O–H groups in total. The Kier molecular flexibility index (Phi) is 6.36.